The fourth-order valence-corrected chi connectivity index (χ4v) is 4.36. The van der Waals surface area contributed by atoms with Gasteiger partial charge in [-0.1, -0.05) is 0 Å². The van der Waals surface area contributed by atoms with Crippen molar-refractivity contribution in [3.63, 3.8) is 0 Å². The predicted molar refractivity (Wildman–Crippen MR) is 126 cm³/mol. The number of hydrogen-bond acceptors (Lipinski definition) is 17. The number of esters is 6. The van der Waals surface area contributed by atoms with Crippen LogP contribution in [-0.2, 0) is 71.4 Å². The maximum Gasteiger partial charge on any atom is 0.305 e. The minimum absolute atomic E-state index is 0.801. The molecule has 0 saturated carbocycles. The fraction of sp³-hybridized carbons (Fsp3) is 0.750. The smallest absolute Gasteiger partial charge is 0.305 e. The highest BCUT2D eigenvalue weighted by Crippen LogP contribution is 2.35. The number of aliphatic hydroxyl groups excluding tert-OH is 2. The van der Waals surface area contributed by atoms with E-state index in [2.05, 4.69) is 0 Å². The van der Waals surface area contributed by atoms with Gasteiger partial charge in [-0.25, -0.2) is 0 Å². The van der Waals surface area contributed by atoms with Crippen LogP contribution in [0, 0.1) is 0 Å². The molecule has 0 bridgehead atoms. The Morgan fingerprint density at radius 3 is 1.20 bits per heavy atom. The van der Waals surface area contributed by atoms with Gasteiger partial charge in [-0.3, -0.25) is 28.8 Å². The molecule has 0 aromatic heterocycles. The summed E-state index contributed by atoms with van der Waals surface area (Å²) >= 11 is 0. The summed E-state index contributed by atoms with van der Waals surface area (Å²) in [5.41, 5.74) is 0. The van der Waals surface area contributed by atoms with Gasteiger partial charge >= 0.3 is 35.8 Å². The molecule has 0 aromatic carbocycles. The van der Waals surface area contributed by atoms with Crippen LogP contribution in [0.2, 0.25) is 0 Å². The average Bonchev–Trinajstić information content (AvgIpc) is 2.83. The van der Waals surface area contributed by atoms with Gasteiger partial charge in [0.1, 0.15) is 18.3 Å². The molecule has 2 N–H and O–H groups in total. The zero-order chi connectivity index (χ0) is 31.0. The number of hydrogen-bond donors (Lipinski definition) is 2. The van der Waals surface area contributed by atoms with Crippen LogP contribution < -0.4 is 0 Å². The third-order valence-corrected chi connectivity index (χ3v) is 5.63. The zero-order valence-corrected chi connectivity index (χ0v) is 23.2. The van der Waals surface area contributed by atoms with Crippen molar-refractivity contribution in [2.24, 2.45) is 0 Å². The Kier molecular flexibility index (Phi) is 12.4. The lowest BCUT2D eigenvalue weighted by atomic mass is 9.96. The Bertz CT molecular complexity index is 981. The molecular weight excluding hydrogens is 560 g/mol. The van der Waals surface area contributed by atoms with Crippen molar-refractivity contribution in [1.82, 2.24) is 0 Å². The van der Waals surface area contributed by atoms with Crippen molar-refractivity contribution in [3.8, 4) is 0 Å². The monoisotopic (exact) mass is 594 g/mol. The van der Waals surface area contributed by atoms with E-state index in [0.717, 1.165) is 41.5 Å². The van der Waals surface area contributed by atoms with Crippen LogP contribution in [0.3, 0.4) is 0 Å². The standard InChI is InChI=1S/C24H34O17/c1-9(27)33-17-15(7-25)40-24(22(37-13(5)31)19(17)34-10(2)28)41-18-16(8-26)39-23(38-14(6)32)21(36-12(4)30)20(18)35-11(3)29/h15-26H,7-8H2,1-6H3/t15-,16-,17-,18-,19+,20+,21-,22-,23?,24-/m1/s1. The summed E-state index contributed by atoms with van der Waals surface area (Å²) in [6.45, 7) is 4.55. The van der Waals surface area contributed by atoms with E-state index in [1.807, 2.05) is 0 Å². The Labute approximate surface area is 234 Å². The summed E-state index contributed by atoms with van der Waals surface area (Å²) in [7, 11) is 0. The molecule has 2 aliphatic heterocycles. The average molecular weight is 595 g/mol. The molecule has 17 heteroatoms. The second-order valence-electron chi connectivity index (χ2n) is 9.03. The Hall–Kier alpha value is -3.38. The van der Waals surface area contributed by atoms with Gasteiger partial charge in [0.2, 0.25) is 12.4 Å². The van der Waals surface area contributed by atoms with Gasteiger partial charge in [0.05, 0.1) is 13.2 Å². The maximum absolute atomic E-state index is 12.1. The molecule has 1 unspecified atom stereocenters. The lowest BCUT2D eigenvalue weighted by Crippen LogP contribution is -2.67. The quantitative estimate of drug-likeness (QED) is 0.206. The molecule has 0 aromatic rings. The van der Waals surface area contributed by atoms with Gasteiger partial charge in [-0.2, -0.15) is 0 Å². The van der Waals surface area contributed by atoms with Crippen molar-refractivity contribution in [3.05, 3.63) is 0 Å². The molecule has 10 atom stereocenters. The third kappa shape index (κ3) is 9.32. The first-order chi connectivity index (χ1) is 19.2. The van der Waals surface area contributed by atoms with Gasteiger partial charge in [-0.15, -0.1) is 0 Å². The predicted octanol–water partition coefficient (Wildman–Crippen LogP) is -1.97. The molecule has 232 valence electrons. The SMILES string of the molecule is CC(=O)OC1O[C@H](CO)[C@@H](O[C@H]2O[C@H](CO)[C@@H](OC(C)=O)[C@H](OC(C)=O)[C@H]2OC(C)=O)[C@H](OC(C)=O)[C@H]1OC(C)=O. The minimum Gasteiger partial charge on any atom is -0.456 e. The van der Waals surface area contributed by atoms with E-state index in [9.17, 15) is 39.0 Å². The van der Waals surface area contributed by atoms with E-state index < -0.39 is 110 Å². The summed E-state index contributed by atoms with van der Waals surface area (Å²) in [4.78, 5) is 71.4. The van der Waals surface area contributed by atoms with Crippen molar-refractivity contribution >= 4 is 35.8 Å². The van der Waals surface area contributed by atoms with E-state index in [1.165, 1.54) is 0 Å². The zero-order valence-electron chi connectivity index (χ0n) is 23.2. The first kappa shape index (κ1) is 33.8. The highest BCUT2D eigenvalue weighted by molar-refractivity contribution is 5.69. The summed E-state index contributed by atoms with van der Waals surface area (Å²) in [5, 5.41) is 20.1. The first-order valence-electron chi connectivity index (χ1n) is 12.4. The Balaban J connectivity index is 2.59. The van der Waals surface area contributed by atoms with Gasteiger partial charge in [0.25, 0.3) is 0 Å². The summed E-state index contributed by atoms with van der Waals surface area (Å²) < 4.78 is 48.8. The fourth-order valence-electron chi connectivity index (χ4n) is 4.36. The molecule has 0 radical (unpaired) electrons. The number of rotatable bonds is 10. The number of ether oxygens (including phenoxy) is 9. The normalized spacial score (nSPS) is 33.1. The van der Waals surface area contributed by atoms with Crippen LogP contribution in [0.25, 0.3) is 0 Å². The van der Waals surface area contributed by atoms with Crippen LogP contribution in [0.5, 0.6) is 0 Å². The van der Waals surface area contributed by atoms with Gasteiger partial charge < -0.3 is 52.8 Å². The molecule has 2 aliphatic rings. The molecule has 2 fully saturated rings. The van der Waals surface area contributed by atoms with Crippen molar-refractivity contribution in [2.45, 2.75) is 103 Å². The number of carbonyl (C=O) groups is 6. The molecule has 2 heterocycles. The first-order valence-corrected chi connectivity index (χ1v) is 12.4. The molecule has 41 heavy (non-hydrogen) atoms. The van der Waals surface area contributed by atoms with Crippen LogP contribution in [0.15, 0.2) is 0 Å². The van der Waals surface area contributed by atoms with E-state index in [-0.39, 0.29) is 0 Å². The molecule has 0 spiro atoms. The van der Waals surface area contributed by atoms with Gasteiger partial charge in [-0.05, 0) is 0 Å². The third-order valence-electron chi connectivity index (χ3n) is 5.63. The van der Waals surface area contributed by atoms with Crippen molar-refractivity contribution < 1.29 is 81.6 Å². The van der Waals surface area contributed by atoms with Gasteiger partial charge in [0, 0.05) is 41.5 Å². The highest BCUT2D eigenvalue weighted by atomic mass is 16.8. The molecule has 0 aliphatic carbocycles. The summed E-state index contributed by atoms with van der Waals surface area (Å²) in [5.74, 6) is -5.28. The molecule has 2 rings (SSSR count). The van der Waals surface area contributed by atoms with E-state index in [1.54, 1.807) is 0 Å². The molecule has 2 saturated heterocycles. The lowest BCUT2D eigenvalue weighted by molar-refractivity contribution is -0.357. The highest BCUT2D eigenvalue weighted by Gasteiger charge is 2.57. The van der Waals surface area contributed by atoms with E-state index >= 15 is 0 Å². The molecule has 0 amide bonds. The molecular formula is C24H34O17. The summed E-state index contributed by atoms with van der Waals surface area (Å²) in [6.07, 6.45) is -15.7. The second kappa shape index (κ2) is 15.0. The second-order valence-corrected chi connectivity index (χ2v) is 9.03. The van der Waals surface area contributed by atoms with Gasteiger partial charge in [0.15, 0.2) is 30.7 Å². The minimum atomic E-state index is -1.75. The maximum atomic E-state index is 12.1. The van der Waals surface area contributed by atoms with Crippen LogP contribution in [0.1, 0.15) is 41.5 Å². The Morgan fingerprint density at radius 2 is 0.780 bits per heavy atom. The molecule has 17 nitrogen and oxygen atoms in total. The summed E-state index contributed by atoms with van der Waals surface area (Å²) in [6, 6.07) is 0. The van der Waals surface area contributed by atoms with Crippen molar-refractivity contribution in [1.29, 1.82) is 0 Å². The largest absolute Gasteiger partial charge is 0.456 e. The van der Waals surface area contributed by atoms with E-state index in [4.69, 9.17) is 42.6 Å². The number of aliphatic hydroxyl groups is 2. The van der Waals surface area contributed by atoms with E-state index in [0.29, 0.717) is 0 Å². The van der Waals surface area contributed by atoms with Crippen molar-refractivity contribution in [2.75, 3.05) is 13.2 Å². The van der Waals surface area contributed by atoms with Crippen LogP contribution in [-0.4, -0.2) is 121 Å². The van der Waals surface area contributed by atoms with Crippen LogP contribution in [0.4, 0.5) is 0 Å². The Morgan fingerprint density at radius 1 is 0.463 bits per heavy atom. The topological polar surface area (TPSA) is 226 Å². The van der Waals surface area contributed by atoms with Crippen LogP contribution >= 0.6 is 0 Å². The lowest BCUT2D eigenvalue weighted by Gasteiger charge is -2.48. The number of carbonyl (C=O) groups excluding carboxylic acids is 6.